The molecule has 0 aliphatic carbocycles. The number of likely N-dealkylation sites (tertiary alicyclic amines) is 1. The van der Waals surface area contributed by atoms with Crippen LogP contribution < -0.4 is 5.32 Å². The summed E-state index contributed by atoms with van der Waals surface area (Å²) in [5.41, 5.74) is 0. The number of hydrogen-bond donors (Lipinski definition) is 1. The summed E-state index contributed by atoms with van der Waals surface area (Å²) < 4.78 is 5.54. The molecule has 0 radical (unpaired) electrons. The zero-order chi connectivity index (χ0) is 11.5. The first-order valence-electron chi connectivity index (χ1n) is 6.34. The fourth-order valence-corrected chi connectivity index (χ4v) is 2.75. The van der Waals surface area contributed by atoms with Gasteiger partial charge in [0.05, 0.1) is 6.61 Å². The molecule has 4 nitrogen and oxygen atoms in total. The highest BCUT2D eigenvalue weighted by molar-refractivity contribution is 5.82. The third-order valence-electron chi connectivity index (χ3n) is 3.65. The molecule has 2 fully saturated rings. The van der Waals surface area contributed by atoms with Crippen LogP contribution in [0.15, 0.2) is 0 Å². The predicted octanol–water partition coefficient (Wildman–Crippen LogP) is 0.764. The van der Waals surface area contributed by atoms with Crippen molar-refractivity contribution in [2.24, 2.45) is 0 Å². The molecule has 2 saturated heterocycles. The van der Waals surface area contributed by atoms with Crippen molar-refractivity contribution in [2.45, 2.75) is 51.3 Å². The van der Waals surface area contributed by atoms with Crippen molar-refractivity contribution < 1.29 is 9.53 Å². The summed E-state index contributed by atoms with van der Waals surface area (Å²) in [6.45, 7) is 6.45. The van der Waals surface area contributed by atoms with Crippen molar-refractivity contribution in [3.8, 4) is 0 Å². The Morgan fingerprint density at radius 2 is 2.00 bits per heavy atom. The van der Waals surface area contributed by atoms with E-state index in [0.29, 0.717) is 25.2 Å². The van der Waals surface area contributed by atoms with Crippen LogP contribution in [0.5, 0.6) is 0 Å². The maximum Gasteiger partial charge on any atom is 0.253 e. The summed E-state index contributed by atoms with van der Waals surface area (Å²) in [5.74, 6) is 0.173. The van der Waals surface area contributed by atoms with Gasteiger partial charge in [-0.25, -0.2) is 0 Å². The molecule has 1 unspecified atom stereocenters. The molecule has 0 aromatic rings. The van der Waals surface area contributed by atoms with Gasteiger partial charge in [0.15, 0.2) is 0 Å². The molecule has 1 amide bonds. The smallest absolute Gasteiger partial charge is 0.253 e. The van der Waals surface area contributed by atoms with Gasteiger partial charge in [-0.15, -0.1) is 0 Å². The van der Waals surface area contributed by atoms with Crippen LogP contribution in [0.25, 0.3) is 0 Å². The van der Waals surface area contributed by atoms with Gasteiger partial charge in [0.1, 0.15) is 6.10 Å². The van der Waals surface area contributed by atoms with E-state index >= 15 is 0 Å². The van der Waals surface area contributed by atoms with Crippen molar-refractivity contribution in [1.29, 1.82) is 0 Å². The lowest BCUT2D eigenvalue weighted by Gasteiger charge is -2.41. The molecule has 3 atom stereocenters. The first kappa shape index (κ1) is 11.9. The van der Waals surface area contributed by atoms with Crippen molar-refractivity contribution >= 4 is 5.91 Å². The van der Waals surface area contributed by atoms with Gasteiger partial charge in [-0.1, -0.05) is 0 Å². The Labute approximate surface area is 97.3 Å². The van der Waals surface area contributed by atoms with Crippen LogP contribution >= 0.6 is 0 Å². The Kier molecular flexibility index (Phi) is 3.82. The van der Waals surface area contributed by atoms with Crippen LogP contribution in [-0.4, -0.2) is 48.7 Å². The number of carbonyl (C=O) groups excluding carboxylic acids is 1. The zero-order valence-electron chi connectivity index (χ0n) is 10.2. The standard InChI is InChI=1S/C12H22N2O2/c1-9-4-3-5-10(2)14(9)12(15)11-8-13-6-7-16-11/h9-11,13H,3-8H2,1-2H3/t9-,10+,11?. The molecule has 2 aliphatic rings. The van der Waals surface area contributed by atoms with E-state index in [-0.39, 0.29) is 12.0 Å². The van der Waals surface area contributed by atoms with Gasteiger partial charge in [-0.05, 0) is 33.1 Å². The summed E-state index contributed by atoms with van der Waals surface area (Å²) >= 11 is 0. The quantitative estimate of drug-likeness (QED) is 0.718. The highest BCUT2D eigenvalue weighted by Gasteiger charge is 2.34. The van der Waals surface area contributed by atoms with E-state index in [0.717, 1.165) is 19.4 Å². The van der Waals surface area contributed by atoms with Crippen LogP contribution in [0, 0.1) is 0 Å². The average Bonchev–Trinajstić information content (AvgIpc) is 2.30. The molecule has 0 spiro atoms. The number of ether oxygens (including phenoxy) is 1. The second kappa shape index (κ2) is 5.15. The molecule has 2 aliphatic heterocycles. The van der Waals surface area contributed by atoms with E-state index in [1.807, 2.05) is 4.90 Å². The third-order valence-corrected chi connectivity index (χ3v) is 3.65. The van der Waals surface area contributed by atoms with Crippen molar-refractivity contribution in [3.63, 3.8) is 0 Å². The van der Waals surface area contributed by atoms with Gasteiger partial charge in [-0.3, -0.25) is 4.79 Å². The Bertz CT molecular complexity index is 241. The third kappa shape index (κ3) is 2.38. The fraction of sp³-hybridized carbons (Fsp3) is 0.917. The van der Waals surface area contributed by atoms with Crippen LogP contribution in [0.3, 0.4) is 0 Å². The van der Waals surface area contributed by atoms with Crippen molar-refractivity contribution in [2.75, 3.05) is 19.7 Å². The molecule has 0 bridgehead atoms. The van der Waals surface area contributed by atoms with Gasteiger partial charge >= 0.3 is 0 Å². The van der Waals surface area contributed by atoms with Crippen LogP contribution in [0.2, 0.25) is 0 Å². The fourth-order valence-electron chi connectivity index (χ4n) is 2.75. The summed E-state index contributed by atoms with van der Waals surface area (Å²) in [6.07, 6.45) is 3.21. The summed E-state index contributed by atoms with van der Waals surface area (Å²) in [5, 5.41) is 3.21. The minimum Gasteiger partial charge on any atom is -0.366 e. The lowest BCUT2D eigenvalue weighted by Crippen LogP contribution is -2.55. The molecule has 92 valence electrons. The second-order valence-corrected chi connectivity index (χ2v) is 4.94. The largest absolute Gasteiger partial charge is 0.366 e. The van der Waals surface area contributed by atoms with E-state index < -0.39 is 0 Å². The maximum atomic E-state index is 12.3. The Hall–Kier alpha value is -0.610. The van der Waals surface area contributed by atoms with E-state index in [1.165, 1.54) is 6.42 Å². The number of nitrogens with zero attached hydrogens (tertiary/aromatic N) is 1. The van der Waals surface area contributed by atoms with Gasteiger partial charge < -0.3 is 15.0 Å². The molecular weight excluding hydrogens is 204 g/mol. The highest BCUT2D eigenvalue weighted by Crippen LogP contribution is 2.23. The average molecular weight is 226 g/mol. The lowest BCUT2D eigenvalue weighted by atomic mass is 9.96. The molecule has 2 rings (SSSR count). The first-order valence-corrected chi connectivity index (χ1v) is 6.34. The zero-order valence-corrected chi connectivity index (χ0v) is 10.2. The second-order valence-electron chi connectivity index (χ2n) is 4.94. The number of carbonyl (C=O) groups is 1. The summed E-state index contributed by atoms with van der Waals surface area (Å²) in [4.78, 5) is 14.4. The number of rotatable bonds is 1. The molecule has 0 aromatic carbocycles. The van der Waals surface area contributed by atoms with Crippen molar-refractivity contribution in [3.05, 3.63) is 0 Å². The van der Waals surface area contributed by atoms with E-state index in [2.05, 4.69) is 19.2 Å². The van der Waals surface area contributed by atoms with Crippen LogP contribution in [0.1, 0.15) is 33.1 Å². The Balaban J connectivity index is 2.00. The molecule has 0 aromatic heterocycles. The SMILES string of the molecule is C[C@@H]1CCC[C@H](C)N1C(=O)C1CNCCO1. The van der Waals surface area contributed by atoms with Gasteiger partial charge in [0.2, 0.25) is 0 Å². The van der Waals surface area contributed by atoms with E-state index in [4.69, 9.17) is 4.74 Å². The topological polar surface area (TPSA) is 41.6 Å². The van der Waals surface area contributed by atoms with E-state index in [9.17, 15) is 4.79 Å². The molecular formula is C12H22N2O2. The number of nitrogens with one attached hydrogen (secondary N) is 1. The summed E-state index contributed by atoms with van der Waals surface area (Å²) in [6, 6.07) is 0.726. The molecule has 0 saturated carbocycles. The first-order chi connectivity index (χ1) is 7.70. The van der Waals surface area contributed by atoms with Crippen molar-refractivity contribution in [1.82, 2.24) is 10.2 Å². The monoisotopic (exact) mass is 226 g/mol. The minimum absolute atomic E-state index is 0.173. The molecule has 1 N–H and O–H groups in total. The Morgan fingerprint density at radius 1 is 1.31 bits per heavy atom. The van der Waals surface area contributed by atoms with Gasteiger partial charge in [0.25, 0.3) is 5.91 Å². The normalized spacial score (nSPS) is 36.1. The molecule has 4 heteroatoms. The minimum atomic E-state index is -0.267. The lowest BCUT2D eigenvalue weighted by molar-refractivity contribution is -0.151. The predicted molar refractivity (Wildman–Crippen MR) is 62.2 cm³/mol. The number of morpholine rings is 1. The Morgan fingerprint density at radius 3 is 2.56 bits per heavy atom. The highest BCUT2D eigenvalue weighted by atomic mass is 16.5. The van der Waals surface area contributed by atoms with E-state index in [1.54, 1.807) is 0 Å². The number of piperidine rings is 1. The summed E-state index contributed by atoms with van der Waals surface area (Å²) in [7, 11) is 0. The molecule has 16 heavy (non-hydrogen) atoms. The maximum absolute atomic E-state index is 12.3. The van der Waals surface area contributed by atoms with Crippen LogP contribution in [-0.2, 0) is 9.53 Å². The van der Waals surface area contributed by atoms with Gasteiger partial charge in [0, 0.05) is 25.2 Å². The number of hydrogen-bond acceptors (Lipinski definition) is 3. The van der Waals surface area contributed by atoms with Crippen LogP contribution in [0.4, 0.5) is 0 Å². The number of amides is 1. The van der Waals surface area contributed by atoms with Gasteiger partial charge in [-0.2, -0.15) is 0 Å². The molecule has 2 heterocycles.